The minimum atomic E-state index is -2.64. The normalized spacial score (nSPS) is 26.6. The number of ether oxygens (including phenoxy) is 2. The molecule has 1 aliphatic rings. The number of aliphatic carboxylic acids is 1. The number of fused-ring (bicyclic) bond motifs is 1. The Morgan fingerprint density at radius 2 is 2.03 bits per heavy atom. The van der Waals surface area contributed by atoms with Gasteiger partial charge in [0, 0.05) is 17.5 Å². The molecule has 1 amide bonds. The summed E-state index contributed by atoms with van der Waals surface area (Å²) in [7, 11) is 0. The molecule has 34 heavy (non-hydrogen) atoms. The summed E-state index contributed by atoms with van der Waals surface area (Å²) < 4.78 is 28.9. The van der Waals surface area contributed by atoms with E-state index in [1.165, 1.54) is 24.3 Å². The van der Waals surface area contributed by atoms with Crippen molar-refractivity contribution in [2.24, 2.45) is 0 Å². The summed E-state index contributed by atoms with van der Waals surface area (Å²) in [5.41, 5.74) is 0.0366. The maximum atomic E-state index is 12.7. The third-order valence-electron chi connectivity index (χ3n) is 5.47. The van der Waals surface area contributed by atoms with Crippen molar-refractivity contribution in [2.75, 3.05) is 13.3 Å². The van der Waals surface area contributed by atoms with Crippen LogP contribution < -0.4 is 15.7 Å². The van der Waals surface area contributed by atoms with Crippen molar-refractivity contribution in [3.05, 3.63) is 40.2 Å². The fraction of sp³-hybridized carbons (Fsp3) is 0.476. The zero-order chi connectivity index (χ0) is 25.2. The maximum absolute atomic E-state index is 12.7. The second kappa shape index (κ2) is 10.0. The van der Waals surface area contributed by atoms with Crippen LogP contribution in [0.15, 0.2) is 33.5 Å². The first-order valence-corrected chi connectivity index (χ1v) is 10.2. The molecule has 1 aromatic carbocycles. The lowest BCUT2D eigenvalue weighted by Crippen LogP contribution is -2.69. The SMILES string of the molecule is Cc1cc(=O)oc2cc(O[C@]3(C(=O)O)C[C@H](O)[C@@H](NC(=O)CF)[C@H]([C@@H](O)[C@H](O)CO)O3)ccc12. The molecule has 12 nitrogen and oxygen atoms in total. The summed E-state index contributed by atoms with van der Waals surface area (Å²) in [6.07, 6.45) is -8.23. The first-order valence-electron chi connectivity index (χ1n) is 10.2. The molecule has 0 spiro atoms. The number of nitrogens with one attached hydrogen (secondary N) is 1. The lowest BCUT2D eigenvalue weighted by Gasteiger charge is -2.46. The zero-order valence-electron chi connectivity index (χ0n) is 17.9. The molecule has 2 heterocycles. The van der Waals surface area contributed by atoms with Gasteiger partial charge in [-0.05, 0) is 24.6 Å². The standard InChI is InChI=1S/C21H24FNO11/c1-9-4-16(28)32-14-5-10(2-3-11(9)14)33-21(20(30)31)6-12(25)17(23-15(27)7-22)19(34-21)18(29)13(26)8-24/h2-5,12-13,17-19,24-26,29H,6-8H2,1H3,(H,23,27)(H,30,31)/t12-,13+,17+,18-,19+,21+/m0/s1. The highest BCUT2D eigenvalue weighted by Crippen LogP contribution is 2.35. The van der Waals surface area contributed by atoms with Crippen molar-refractivity contribution in [3.63, 3.8) is 0 Å². The van der Waals surface area contributed by atoms with Gasteiger partial charge in [0.25, 0.3) is 5.91 Å². The van der Waals surface area contributed by atoms with Gasteiger partial charge in [-0.2, -0.15) is 0 Å². The average molecular weight is 485 g/mol. The van der Waals surface area contributed by atoms with Gasteiger partial charge in [0.15, 0.2) is 6.67 Å². The fourth-order valence-corrected chi connectivity index (χ4v) is 3.78. The smallest absolute Gasteiger partial charge is 0.377 e. The third kappa shape index (κ3) is 5.03. The van der Waals surface area contributed by atoms with E-state index < -0.39 is 73.4 Å². The van der Waals surface area contributed by atoms with Crippen molar-refractivity contribution < 1.29 is 53.4 Å². The number of aryl methyl sites for hydroxylation is 1. The second-order valence-corrected chi connectivity index (χ2v) is 7.89. The first kappa shape index (κ1) is 25.5. The molecule has 186 valence electrons. The van der Waals surface area contributed by atoms with Crippen molar-refractivity contribution in [2.45, 2.75) is 49.6 Å². The van der Waals surface area contributed by atoms with Crippen LogP contribution in [-0.2, 0) is 14.3 Å². The van der Waals surface area contributed by atoms with E-state index in [4.69, 9.17) is 13.9 Å². The molecular weight excluding hydrogens is 461 g/mol. The number of hydrogen-bond donors (Lipinski definition) is 6. The van der Waals surface area contributed by atoms with Gasteiger partial charge in [-0.15, -0.1) is 0 Å². The Kier molecular flexibility index (Phi) is 7.53. The van der Waals surface area contributed by atoms with Crippen LogP contribution in [-0.4, -0.2) is 86.9 Å². The Morgan fingerprint density at radius 3 is 2.65 bits per heavy atom. The number of rotatable bonds is 8. The summed E-state index contributed by atoms with van der Waals surface area (Å²) in [6.45, 7) is -0.773. The Morgan fingerprint density at radius 1 is 1.32 bits per heavy atom. The number of carboxylic acids is 1. The third-order valence-corrected chi connectivity index (χ3v) is 5.47. The highest BCUT2D eigenvalue weighted by Gasteiger charge is 2.56. The lowest BCUT2D eigenvalue weighted by molar-refractivity contribution is -0.284. The average Bonchev–Trinajstić information content (AvgIpc) is 2.78. The van der Waals surface area contributed by atoms with E-state index in [0.29, 0.717) is 10.9 Å². The molecule has 0 saturated carbocycles. The van der Waals surface area contributed by atoms with Gasteiger partial charge in [-0.25, -0.2) is 14.0 Å². The summed E-state index contributed by atoms with van der Waals surface area (Å²) in [5.74, 6) is -5.71. The Balaban J connectivity index is 2.01. The Bertz CT molecular complexity index is 1120. The van der Waals surface area contributed by atoms with Crippen LogP contribution in [0.5, 0.6) is 5.75 Å². The molecule has 1 saturated heterocycles. The van der Waals surface area contributed by atoms with Gasteiger partial charge in [0.2, 0.25) is 0 Å². The quantitative estimate of drug-likeness (QED) is 0.240. The van der Waals surface area contributed by atoms with E-state index in [2.05, 4.69) is 5.32 Å². The number of carbonyl (C=O) groups is 2. The number of carboxylic acid groups (broad SMARTS) is 1. The van der Waals surface area contributed by atoms with Crippen LogP contribution in [0.2, 0.25) is 0 Å². The summed E-state index contributed by atoms with van der Waals surface area (Å²) in [5, 5.41) is 52.6. The molecule has 6 N–H and O–H groups in total. The molecular formula is C21H24FNO11. The summed E-state index contributed by atoms with van der Waals surface area (Å²) >= 11 is 0. The molecule has 1 aromatic heterocycles. The van der Waals surface area contributed by atoms with Crippen LogP contribution >= 0.6 is 0 Å². The highest BCUT2D eigenvalue weighted by atomic mass is 19.1. The van der Waals surface area contributed by atoms with Gasteiger partial charge in [-0.1, -0.05) is 0 Å². The van der Waals surface area contributed by atoms with Gasteiger partial charge in [0.1, 0.15) is 29.6 Å². The minimum Gasteiger partial charge on any atom is -0.476 e. The molecule has 1 fully saturated rings. The number of carbonyl (C=O) groups excluding carboxylic acids is 1. The van der Waals surface area contributed by atoms with Crippen molar-refractivity contribution in [1.82, 2.24) is 5.32 Å². The van der Waals surface area contributed by atoms with Gasteiger partial charge in [0.05, 0.1) is 25.2 Å². The Hall–Kier alpha value is -3.10. The van der Waals surface area contributed by atoms with Gasteiger partial charge >= 0.3 is 17.4 Å². The number of hydrogen-bond acceptors (Lipinski definition) is 10. The van der Waals surface area contributed by atoms with E-state index in [0.717, 1.165) is 0 Å². The molecule has 0 aliphatic carbocycles. The van der Waals surface area contributed by atoms with E-state index in [1.807, 2.05) is 0 Å². The topological polar surface area (TPSA) is 196 Å². The van der Waals surface area contributed by atoms with Crippen molar-refractivity contribution in [3.8, 4) is 5.75 Å². The van der Waals surface area contributed by atoms with Crippen LogP contribution in [0.3, 0.4) is 0 Å². The van der Waals surface area contributed by atoms with Crippen molar-refractivity contribution >= 4 is 22.8 Å². The van der Waals surface area contributed by atoms with Crippen molar-refractivity contribution in [1.29, 1.82) is 0 Å². The molecule has 0 radical (unpaired) electrons. The van der Waals surface area contributed by atoms with Crippen LogP contribution in [0.25, 0.3) is 11.0 Å². The van der Waals surface area contributed by atoms with Crippen LogP contribution in [0.4, 0.5) is 4.39 Å². The predicted molar refractivity (Wildman–Crippen MR) is 111 cm³/mol. The maximum Gasteiger partial charge on any atom is 0.377 e. The van der Waals surface area contributed by atoms with Gasteiger partial charge in [-0.3, -0.25) is 4.79 Å². The number of aliphatic hydroxyl groups excluding tert-OH is 4. The summed E-state index contributed by atoms with van der Waals surface area (Å²) in [4.78, 5) is 35.5. The lowest BCUT2D eigenvalue weighted by atomic mass is 9.88. The predicted octanol–water partition coefficient (Wildman–Crippen LogP) is -1.42. The van der Waals surface area contributed by atoms with E-state index in [-0.39, 0.29) is 11.3 Å². The molecule has 2 aromatic rings. The first-order chi connectivity index (χ1) is 16.0. The van der Waals surface area contributed by atoms with E-state index in [1.54, 1.807) is 6.92 Å². The molecule has 0 bridgehead atoms. The molecule has 3 rings (SSSR count). The fourth-order valence-electron chi connectivity index (χ4n) is 3.78. The molecule has 1 aliphatic heterocycles. The van der Waals surface area contributed by atoms with E-state index in [9.17, 15) is 44.3 Å². The van der Waals surface area contributed by atoms with Crippen LogP contribution in [0, 0.1) is 6.92 Å². The molecule has 13 heteroatoms. The minimum absolute atomic E-state index is 0.0831. The zero-order valence-corrected chi connectivity index (χ0v) is 17.9. The highest BCUT2D eigenvalue weighted by molar-refractivity contribution is 5.82. The monoisotopic (exact) mass is 485 g/mol. The number of aliphatic hydroxyl groups is 4. The van der Waals surface area contributed by atoms with Crippen LogP contribution in [0.1, 0.15) is 12.0 Å². The van der Waals surface area contributed by atoms with E-state index >= 15 is 0 Å². The number of halogens is 1. The Labute approximate surface area is 191 Å². The number of alkyl halides is 1. The molecule has 0 unspecified atom stereocenters. The largest absolute Gasteiger partial charge is 0.476 e. The second-order valence-electron chi connectivity index (χ2n) is 7.89. The number of benzene rings is 1. The summed E-state index contributed by atoms with van der Waals surface area (Å²) in [6, 6.07) is 3.82. The number of amides is 1. The van der Waals surface area contributed by atoms with Gasteiger partial charge < -0.3 is 44.7 Å². The molecule has 6 atom stereocenters.